The maximum atomic E-state index is 5.62. The van der Waals surface area contributed by atoms with E-state index in [-0.39, 0.29) is 0 Å². The van der Waals surface area contributed by atoms with Gasteiger partial charge in [0, 0.05) is 16.6 Å². The monoisotopic (exact) mass is 191 g/mol. The maximum Gasteiger partial charge on any atom is 0.123 e. The zero-order chi connectivity index (χ0) is 9.26. The average molecular weight is 191 g/mol. The fourth-order valence-corrected chi connectivity index (χ4v) is 1.82. The molecule has 4 heteroatoms. The minimum atomic E-state index is 0.535. The molecule has 0 radical (unpaired) electrons. The lowest BCUT2D eigenvalue weighted by Crippen LogP contribution is -1.87. The first-order valence-electron chi connectivity index (χ1n) is 3.83. The van der Waals surface area contributed by atoms with Crippen LogP contribution in [0.3, 0.4) is 0 Å². The van der Waals surface area contributed by atoms with Crippen molar-refractivity contribution < 1.29 is 0 Å². The molecule has 0 fully saturated rings. The first-order chi connectivity index (χ1) is 6.25. The summed E-state index contributed by atoms with van der Waals surface area (Å²) in [5, 5.41) is 0.812. The third-order valence-electron chi connectivity index (χ3n) is 1.70. The van der Waals surface area contributed by atoms with Crippen molar-refractivity contribution in [3.8, 4) is 10.4 Å². The van der Waals surface area contributed by atoms with Gasteiger partial charge in [-0.25, -0.2) is 4.98 Å². The summed E-state index contributed by atoms with van der Waals surface area (Å²) < 4.78 is 0. The Balaban J connectivity index is 2.41. The maximum absolute atomic E-state index is 5.62. The lowest BCUT2D eigenvalue weighted by atomic mass is 10.2. The topological polar surface area (TPSA) is 64.9 Å². The van der Waals surface area contributed by atoms with Crippen LogP contribution in [0.1, 0.15) is 0 Å². The van der Waals surface area contributed by atoms with Crippen LogP contribution in [-0.2, 0) is 0 Å². The summed E-state index contributed by atoms with van der Waals surface area (Å²) in [5.74, 6) is 0.535. The Morgan fingerprint density at radius 1 is 1.08 bits per heavy atom. The van der Waals surface area contributed by atoms with Crippen LogP contribution in [0.4, 0.5) is 10.8 Å². The van der Waals surface area contributed by atoms with Crippen LogP contribution < -0.4 is 11.5 Å². The van der Waals surface area contributed by atoms with Gasteiger partial charge in [0.05, 0.1) is 5.00 Å². The zero-order valence-corrected chi connectivity index (χ0v) is 7.71. The first kappa shape index (κ1) is 8.07. The highest BCUT2D eigenvalue weighted by molar-refractivity contribution is 7.19. The standard InChI is InChI=1S/C9H9N3S/c10-8-3-1-6(5-12-8)7-2-4-9(11)13-7/h1-5H,11H2,(H2,10,12). The van der Waals surface area contributed by atoms with Gasteiger partial charge in [0.1, 0.15) is 5.82 Å². The third kappa shape index (κ3) is 1.62. The molecule has 2 aromatic rings. The number of hydrogen-bond acceptors (Lipinski definition) is 4. The summed E-state index contributed by atoms with van der Waals surface area (Å²) in [6.07, 6.45) is 1.75. The largest absolute Gasteiger partial charge is 0.391 e. The Morgan fingerprint density at radius 2 is 1.92 bits per heavy atom. The van der Waals surface area contributed by atoms with Gasteiger partial charge in [-0.2, -0.15) is 0 Å². The van der Waals surface area contributed by atoms with Crippen LogP contribution in [0, 0.1) is 0 Å². The van der Waals surface area contributed by atoms with Gasteiger partial charge in [-0.3, -0.25) is 0 Å². The molecule has 0 saturated carbocycles. The molecule has 0 atom stereocenters. The Hall–Kier alpha value is -1.55. The molecule has 13 heavy (non-hydrogen) atoms. The van der Waals surface area contributed by atoms with Crippen LogP contribution in [0.2, 0.25) is 0 Å². The molecule has 66 valence electrons. The number of aromatic nitrogens is 1. The molecular formula is C9H9N3S. The third-order valence-corrected chi connectivity index (χ3v) is 2.66. The second-order valence-electron chi connectivity index (χ2n) is 2.67. The first-order valence-corrected chi connectivity index (χ1v) is 4.64. The van der Waals surface area contributed by atoms with Crippen molar-refractivity contribution in [3.05, 3.63) is 30.5 Å². The van der Waals surface area contributed by atoms with Crippen molar-refractivity contribution in [2.24, 2.45) is 0 Å². The number of rotatable bonds is 1. The van der Waals surface area contributed by atoms with Crippen LogP contribution >= 0.6 is 11.3 Å². The van der Waals surface area contributed by atoms with Crippen molar-refractivity contribution >= 4 is 22.2 Å². The van der Waals surface area contributed by atoms with E-state index in [1.807, 2.05) is 18.2 Å². The van der Waals surface area contributed by atoms with Crippen LogP contribution in [-0.4, -0.2) is 4.98 Å². The summed E-state index contributed by atoms with van der Waals surface area (Å²) in [7, 11) is 0. The van der Waals surface area contributed by atoms with E-state index in [9.17, 15) is 0 Å². The van der Waals surface area contributed by atoms with Gasteiger partial charge >= 0.3 is 0 Å². The number of hydrogen-bond donors (Lipinski definition) is 2. The molecule has 0 spiro atoms. The predicted molar refractivity (Wildman–Crippen MR) is 56.4 cm³/mol. The summed E-state index contributed by atoms with van der Waals surface area (Å²) >= 11 is 1.54. The van der Waals surface area contributed by atoms with E-state index in [2.05, 4.69) is 4.98 Å². The normalized spacial score (nSPS) is 10.2. The van der Waals surface area contributed by atoms with Gasteiger partial charge in [-0.05, 0) is 24.3 Å². The number of pyridine rings is 1. The van der Waals surface area contributed by atoms with Crippen molar-refractivity contribution in [1.29, 1.82) is 0 Å². The molecule has 0 unspecified atom stereocenters. The van der Waals surface area contributed by atoms with E-state index in [4.69, 9.17) is 11.5 Å². The molecule has 0 aromatic carbocycles. The van der Waals surface area contributed by atoms with Crippen molar-refractivity contribution in [3.63, 3.8) is 0 Å². The second-order valence-corrected chi connectivity index (χ2v) is 3.79. The van der Waals surface area contributed by atoms with Gasteiger partial charge in [-0.15, -0.1) is 11.3 Å². The Morgan fingerprint density at radius 3 is 2.46 bits per heavy atom. The fraction of sp³-hybridized carbons (Fsp3) is 0. The minimum absolute atomic E-state index is 0.535. The summed E-state index contributed by atoms with van der Waals surface area (Å²) in [6, 6.07) is 7.59. The van der Waals surface area contributed by atoms with Gasteiger partial charge in [0.25, 0.3) is 0 Å². The molecule has 0 bridgehead atoms. The molecule has 0 aliphatic heterocycles. The molecule has 0 amide bonds. The van der Waals surface area contributed by atoms with Crippen molar-refractivity contribution in [2.75, 3.05) is 11.5 Å². The lowest BCUT2D eigenvalue weighted by molar-refractivity contribution is 1.34. The van der Waals surface area contributed by atoms with Crippen LogP contribution in [0.25, 0.3) is 10.4 Å². The molecule has 2 heterocycles. The molecule has 3 nitrogen and oxygen atoms in total. The molecule has 2 rings (SSSR count). The van der Waals surface area contributed by atoms with Crippen LogP contribution in [0.15, 0.2) is 30.5 Å². The van der Waals surface area contributed by atoms with E-state index in [0.717, 1.165) is 15.4 Å². The minimum Gasteiger partial charge on any atom is -0.391 e. The molecular weight excluding hydrogens is 182 g/mol. The van der Waals surface area contributed by atoms with Gasteiger partial charge in [0.15, 0.2) is 0 Å². The molecule has 0 aliphatic carbocycles. The quantitative estimate of drug-likeness (QED) is 0.724. The second kappa shape index (κ2) is 3.06. The molecule has 2 aromatic heterocycles. The average Bonchev–Trinajstić information content (AvgIpc) is 2.53. The summed E-state index contributed by atoms with van der Waals surface area (Å²) in [5.41, 5.74) is 12.1. The Bertz CT molecular complexity index is 405. The predicted octanol–water partition coefficient (Wildman–Crippen LogP) is 1.97. The van der Waals surface area contributed by atoms with Crippen molar-refractivity contribution in [2.45, 2.75) is 0 Å². The van der Waals surface area contributed by atoms with Gasteiger partial charge < -0.3 is 11.5 Å². The Kier molecular flexibility index (Phi) is 1.90. The molecule has 0 saturated heterocycles. The zero-order valence-electron chi connectivity index (χ0n) is 6.90. The number of nitrogens with zero attached hydrogens (tertiary/aromatic N) is 1. The van der Waals surface area contributed by atoms with E-state index < -0.39 is 0 Å². The van der Waals surface area contributed by atoms with Gasteiger partial charge in [0.2, 0.25) is 0 Å². The Labute approximate surface area is 80.0 Å². The molecule has 0 aliphatic rings. The summed E-state index contributed by atoms with van der Waals surface area (Å²) in [4.78, 5) is 5.12. The van der Waals surface area contributed by atoms with E-state index in [0.29, 0.717) is 5.82 Å². The number of nitrogen functional groups attached to an aromatic ring is 2. The smallest absolute Gasteiger partial charge is 0.123 e. The number of anilines is 2. The fourth-order valence-electron chi connectivity index (χ4n) is 1.06. The SMILES string of the molecule is Nc1ccc(-c2ccc(N)s2)cn1. The summed E-state index contributed by atoms with van der Waals surface area (Å²) in [6.45, 7) is 0. The number of nitrogens with two attached hydrogens (primary N) is 2. The highest BCUT2D eigenvalue weighted by atomic mass is 32.1. The highest BCUT2D eigenvalue weighted by Gasteiger charge is 2.00. The van der Waals surface area contributed by atoms with E-state index in [1.54, 1.807) is 23.6 Å². The van der Waals surface area contributed by atoms with Gasteiger partial charge in [-0.1, -0.05) is 0 Å². The van der Waals surface area contributed by atoms with Crippen molar-refractivity contribution in [1.82, 2.24) is 4.98 Å². The van der Waals surface area contributed by atoms with Crippen LogP contribution in [0.5, 0.6) is 0 Å². The van der Waals surface area contributed by atoms with E-state index >= 15 is 0 Å². The number of thiophene rings is 1. The van der Waals surface area contributed by atoms with E-state index in [1.165, 1.54) is 0 Å². The molecule has 4 N–H and O–H groups in total. The lowest BCUT2D eigenvalue weighted by Gasteiger charge is -1.96. The highest BCUT2D eigenvalue weighted by Crippen LogP contribution is 2.28.